The minimum absolute atomic E-state index is 0.0861. The third-order valence-corrected chi connectivity index (χ3v) is 5.34. The second-order valence-corrected chi connectivity index (χ2v) is 6.49. The van der Waals surface area contributed by atoms with E-state index in [-0.39, 0.29) is 5.60 Å². The zero-order valence-electron chi connectivity index (χ0n) is 12.8. The predicted octanol–water partition coefficient (Wildman–Crippen LogP) is 4.02. The van der Waals surface area contributed by atoms with Crippen LogP contribution in [0.4, 0.5) is 0 Å². The molecule has 2 aromatic rings. The molecule has 1 saturated heterocycles. The van der Waals surface area contributed by atoms with Crippen LogP contribution in [-0.4, -0.2) is 30.1 Å². The van der Waals surface area contributed by atoms with Crippen molar-refractivity contribution in [1.82, 2.24) is 4.90 Å². The van der Waals surface area contributed by atoms with Crippen molar-refractivity contribution in [2.75, 3.05) is 19.6 Å². The summed E-state index contributed by atoms with van der Waals surface area (Å²) in [6.45, 7) is 5.77. The molecule has 0 bridgehead atoms. The number of benzene rings is 2. The number of aryl methyl sites for hydroxylation is 1. The van der Waals surface area contributed by atoms with Gasteiger partial charge in [-0.1, -0.05) is 43.3 Å². The van der Waals surface area contributed by atoms with Crippen LogP contribution in [0.5, 0.6) is 5.75 Å². The third kappa shape index (κ3) is 2.22. The molecule has 2 heterocycles. The highest BCUT2D eigenvalue weighted by Crippen LogP contribution is 2.42. The molecule has 0 N–H and O–H groups in total. The van der Waals surface area contributed by atoms with Gasteiger partial charge in [0.25, 0.3) is 0 Å². The highest BCUT2D eigenvalue weighted by molar-refractivity contribution is 5.89. The van der Waals surface area contributed by atoms with E-state index in [4.69, 9.17) is 4.74 Å². The maximum Gasteiger partial charge on any atom is 0.131 e. The Morgan fingerprint density at radius 2 is 1.86 bits per heavy atom. The van der Waals surface area contributed by atoms with Gasteiger partial charge in [-0.3, -0.25) is 0 Å². The number of ether oxygens (including phenoxy) is 1. The Morgan fingerprint density at radius 1 is 1.05 bits per heavy atom. The molecule has 2 heteroatoms. The van der Waals surface area contributed by atoms with Gasteiger partial charge in [0, 0.05) is 18.5 Å². The summed E-state index contributed by atoms with van der Waals surface area (Å²) in [5.41, 5.74) is 1.47. The highest BCUT2D eigenvalue weighted by atomic mass is 16.5. The number of hydrogen-bond donors (Lipinski definition) is 0. The van der Waals surface area contributed by atoms with E-state index in [2.05, 4.69) is 48.2 Å². The van der Waals surface area contributed by atoms with E-state index in [0.717, 1.165) is 18.7 Å². The predicted molar refractivity (Wildman–Crippen MR) is 87.0 cm³/mol. The van der Waals surface area contributed by atoms with Crippen molar-refractivity contribution in [3.05, 3.63) is 42.0 Å². The monoisotopic (exact) mass is 281 g/mol. The zero-order chi connectivity index (χ0) is 14.3. The fourth-order valence-electron chi connectivity index (χ4n) is 3.86. The van der Waals surface area contributed by atoms with Crippen molar-refractivity contribution in [2.24, 2.45) is 0 Å². The van der Waals surface area contributed by atoms with Crippen LogP contribution in [0, 0.1) is 0 Å². The Balaban J connectivity index is 1.69. The molecule has 2 aromatic carbocycles. The summed E-state index contributed by atoms with van der Waals surface area (Å²) in [5.74, 6) is 1.16. The van der Waals surface area contributed by atoms with Crippen molar-refractivity contribution in [2.45, 2.75) is 38.2 Å². The molecule has 2 aliphatic rings. The van der Waals surface area contributed by atoms with Crippen LogP contribution >= 0.6 is 0 Å². The Bertz CT molecular complexity index is 656. The lowest BCUT2D eigenvalue weighted by atomic mass is 9.82. The Morgan fingerprint density at radius 3 is 2.67 bits per heavy atom. The Hall–Kier alpha value is -1.54. The second-order valence-electron chi connectivity index (χ2n) is 6.49. The van der Waals surface area contributed by atoms with Gasteiger partial charge >= 0.3 is 0 Å². The van der Waals surface area contributed by atoms with E-state index < -0.39 is 0 Å². The van der Waals surface area contributed by atoms with Crippen LogP contribution in [0.1, 0.15) is 31.7 Å². The van der Waals surface area contributed by atoms with E-state index >= 15 is 0 Å². The van der Waals surface area contributed by atoms with Crippen molar-refractivity contribution in [3.63, 3.8) is 0 Å². The lowest BCUT2D eigenvalue weighted by Crippen LogP contribution is -2.49. The largest absolute Gasteiger partial charge is 0.486 e. The number of rotatable bonds is 1. The molecule has 2 aliphatic heterocycles. The fraction of sp³-hybridized carbons (Fsp3) is 0.474. The van der Waals surface area contributed by atoms with Gasteiger partial charge in [0.2, 0.25) is 0 Å². The van der Waals surface area contributed by atoms with E-state index in [1.807, 2.05) is 0 Å². The highest BCUT2D eigenvalue weighted by Gasteiger charge is 2.39. The fourth-order valence-corrected chi connectivity index (χ4v) is 3.86. The van der Waals surface area contributed by atoms with Crippen molar-refractivity contribution >= 4 is 10.8 Å². The average Bonchev–Trinajstić information content (AvgIpc) is 2.55. The lowest BCUT2D eigenvalue weighted by molar-refractivity contribution is -0.0119. The van der Waals surface area contributed by atoms with Gasteiger partial charge < -0.3 is 9.64 Å². The topological polar surface area (TPSA) is 12.5 Å². The van der Waals surface area contributed by atoms with Crippen LogP contribution in [0.2, 0.25) is 0 Å². The summed E-state index contributed by atoms with van der Waals surface area (Å²) in [6, 6.07) is 13.1. The number of hydrogen-bond acceptors (Lipinski definition) is 2. The number of fused-ring (bicyclic) bond motifs is 3. The minimum Gasteiger partial charge on any atom is -0.486 e. The number of nitrogens with zero attached hydrogens (tertiary/aromatic N) is 1. The Labute approximate surface area is 126 Å². The summed E-state index contributed by atoms with van der Waals surface area (Å²) in [5, 5.41) is 2.58. The number of likely N-dealkylation sites (tertiary alicyclic amines) is 1. The molecular formula is C19H23NO. The summed E-state index contributed by atoms with van der Waals surface area (Å²) in [7, 11) is 0. The first-order valence-corrected chi connectivity index (χ1v) is 8.22. The molecule has 0 saturated carbocycles. The molecule has 0 atom stereocenters. The first kappa shape index (κ1) is 13.1. The van der Waals surface area contributed by atoms with Gasteiger partial charge in [0.1, 0.15) is 11.4 Å². The van der Waals surface area contributed by atoms with Crippen LogP contribution < -0.4 is 4.74 Å². The quantitative estimate of drug-likeness (QED) is 0.783. The van der Waals surface area contributed by atoms with Gasteiger partial charge in [-0.25, -0.2) is 0 Å². The van der Waals surface area contributed by atoms with E-state index in [1.165, 1.54) is 48.7 Å². The maximum absolute atomic E-state index is 6.64. The minimum atomic E-state index is 0.0861. The van der Waals surface area contributed by atoms with Gasteiger partial charge in [-0.05, 0) is 43.2 Å². The molecule has 0 unspecified atom stereocenters. The van der Waals surface area contributed by atoms with Crippen LogP contribution in [0.3, 0.4) is 0 Å². The second kappa shape index (κ2) is 5.03. The molecule has 110 valence electrons. The Kier molecular flexibility index (Phi) is 3.15. The van der Waals surface area contributed by atoms with E-state index in [1.54, 1.807) is 0 Å². The first-order valence-electron chi connectivity index (χ1n) is 8.22. The third-order valence-electron chi connectivity index (χ3n) is 5.34. The zero-order valence-corrected chi connectivity index (χ0v) is 12.8. The van der Waals surface area contributed by atoms with Crippen LogP contribution in [0.15, 0.2) is 36.4 Å². The maximum atomic E-state index is 6.64. The van der Waals surface area contributed by atoms with Gasteiger partial charge in [0.15, 0.2) is 0 Å². The van der Waals surface area contributed by atoms with Gasteiger partial charge in [-0.2, -0.15) is 0 Å². The lowest BCUT2D eigenvalue weighted by Gasteiger charge is -2.44. The molecule has 2 nitrogen and oxygen atoms in total. The molecule has 1 fully saturated rings. The average molecular weight is 281 g/mol. The number of piperidine rings is 1. The van der Waals surface area contributed by atoms with Gasteiger partial charge in [0.05, 0.1) is 0 Å². The van der Waals surface area contributed by atoms with Crippen LogP contribution in [0.25, 0.3) is 10.8 Å². The van der Waals surface area contributed by atoms with E-state index in [0.29, 0.717) is 0 Å². The SMILES string of the molecule is CCN1CCC2(CCc3ccc4ccccc4c3O2)CC1. The molecule has 0 amide bonds. The summed E-state index contributed by atoms with van der Waals surface area (Å²) in [6.07, 6.45) is 4.68. The smallest absolute Gasteiger partial charge is 0.131 e. The summed E-state index contributed by atoms with van der Waals surface area (Å²) < 4.78 is 6.64. The molecule has 1 spiro atoms. The normalized spacial score (nSPS) is 21.2. The van der Waals surface area contributed by atoms with Crippen molar-refractivity contribution in [3.8, 4) is 5.75 Å². The first-order chi connectivity index (χ1) is 10.3. The molecule has 0 aliphatic carbocycles. The van der Waals surface area contributed by atoms with Crippen LogP contribution in [-0.2, 0) is 6.42 Å². The molecular weight excluding hydrogens is 258 g/mol. The van der Waals surface area contributed by atoms with Crippen molar-refractivity contribution < 1.29 is 4.74 Å². The molecule has 21 heavy (non-hydrogen) atoms. The summed E-state index contributed by atoms with van der Waals surface area (Å²) in [4.78, 5) is 2.53. The standard InChI is InChI=1S/C19H23NO/c1-2-20-13-11-19(12-14-20)10-9-16-8-7-15-5-3-4-6-17(15)18(16)21-19/h3-8H,2,9-14H2,1H3. The van der Waals surface area contributed by atoms with E-state index in [9.17, 15) is 0 Å². The summed E-state index contributed by atoms with van der Waals surface area (Å²) >= 11 is 0. The molecule has 4 rings (SSSR count). The van der Waals surface area contributed by atoms with Gasteiger partial charge in [-0.15, -0.1) is 0 Å². The molecule has 0 radical (unpaired) electrons. The molecule has 0 aromatic heterocycles. The van der Waals surface area contributed by atoms with Crippen molar-refractivity contribution in [1.29, 1.82) is 0 Å².